The van der Waals surface area contributed by atoms with E-state index in [9.17, 15) is 9.59 Å². The van der Waals surface area contributed by atoms with Gasteiger partial charge in [0.1, 0.15) is 23.6 Å². The maximum absolute atomic E-state index is 12.4. The zero-order valence-corrected chi connectivity index (χ0v) is 66.5. The van der Waals surface area contributed by atoms with Gasteiger partial charge in [-0.15, -0.1) is 0 Å². The molecule has 119 heavy (non-hydrogen) atoms. The van der Waals surface area contributed by atoms with Gasteiger partial charge in [-0.1, -0.05) is 36.4 Å². The molecule has 0 radical (unpaired) electrons. The first kappa shape index (κ1) is 75.5. The van der Waals surface area contributed by atoms with Gasteiger partial charge in [-0.3, -0.25) is 9.59 Å². The van der Waals surface area contributed by atoms with Crippen molar-refractivity contribution in [3.63, 3.8) is 0 Å². The van der Waals surface area contributed by atoms with Gasteiger partial charge in [-0.05, 0) is 260 Å². The molecule has 0 saturated heterocycles. The second kappa shape index (κ2) is 30.5. The number of aryl methyl sites for hydroxylation is 8. The van der Waals surface area contributed by atoms with Crippen LogP contribution < -0.4 is 9.47 Å². The van der Waals surface area contributed by atoms with Crippen molar-refractivity contribution in [2.24, 2.45) is 0 Å². The van der Waals surface area contributed by atoms with E-state index in [2.05, 4.69) is 124 Å². The summed E-state index contributed by atoms with van der Waals surface area (Å²) >= 11 is 0. The summed E-state index contributed by atoms with van der Waals surface area (Å²) in [6.45, 7) is 1.33. The Morgan fingerprint density at radius 2 is 0.588 bits per heavy atom. The van der Waals surface area contributed by atoms with E-state index in [0.717, 1.165) is 155 Å². The van der Waals surface area contributed by atoms with Gasteiger partial charge in [0, 0.05) is 113 Å². The highest BCUT2D eigenvalue weighted by molar-refractivity contribution is 6.02. The highest BCUT2D eigenvalue weighted by atomic mass is 16.5. The topological polar surface area (TPSA) is 302 Å². The second-order valence-corrected chi connectivity index (χ2v) is 34.0. The number of ether oxygens (including phenoxy) is 2. The van der Waals surface area contributed by atoms with Crippen LogP contribution in [-0.2, 0) is 84.6 Å². The molecule has 6 spiro atoms. The number of nitrogens with zero attached hydrogens (tertiary/aromatic N) is 18. The number of aromatic nitrogens is 12. The number of hydrogen-bond donors (Lipinski definition) is 0. The molecule has 6 unspecified atom stereocenters. The van der Waals surface area contributed by atoms with Gasteiger partial charge in [0.05, 0.1) is 142 Å². The normalized spacial score (nSPS) is 23.6. The van der Waals surface area contributed by atoms with E-state index in [1.54, 1.807) is 12.1 Å². The highest BCUT2D eigenvalue weighted by Crippen LogP contribution is 2.53. The summed E-state index contributed by atoms with van der Waals surface area (Å²) in [5, 5.41) is 54.2. The van der Waals surface area contributed by atoms with E-state index in [-0.39, 0.29) is 44.8 Å². The minimum atomic E-state index is -0.273. The quantitative estimate of drug-likeness (QED) is 0.136. The molecular weight excluding hydrogens is 1480 g/mol. The fourth-order valence-electron chi connectivity index (χ4n) is 22.6. The SMILES string of the molecule is N#Cc1ccc2c(c1)C(=O)CC21CCCc2cncn21.N#Cc1ccc2c(c1)C(=O)CCC21CCCc2cncn21.N#Cc1ccc2c(c1)CCC21CCCc2cncn21.N#Cc1ccc2c(c1)CCCC21CCCc2cncn21.N#Cc1ccc2c(c1)OCC21CCCc2cncn21.N#Cc1ccc2c(c1)OCCC21CCCc2cncn21. The summed E-state index contributed by atoms with van der Waals surface area (Å²) in [4.78, 5) is 50.6. The third-order valence-corrected chi connectivity index (χ3v) is 28.1. The molecular formula is C97H88N18O4. The molecule has 14 heterocycles. The van der Waals surface area contributed by atoms with Gasteiger partial charge in [0.15, 0.2) is 11.6 Å². The molecule has 4 aliphatic carbocycles. The van der Waals surface area contributed by atoms with Crippen LogP contribution in [0.5, 0.6) is 11.5 Å². The van der Waals surface area contributed by atoms with Crippen molar-refractivity contribution in [2.75, 3.05) is 13.2 Å². The number of hydrogen-bond acceptors (Lipinski definition) is 16. The third-order valence-electron chi connectivity index (χ3n) is 28.1. The minimum Gasteiger partial charge on any atom is -0.493 e. The van der Waals surface area contributed by atoms with Crippen LogP contribution in [0, 0.1) is 68.0 Å². The molecule has 0 bridgehead atoms. The molecule has 12 aliphatic rings. The number of nitriles is 6. The predicted octanol–water partition coefficient (Wildman–Crippen LogP) is 16.0. The first-order chi connectivity index (χ1) is 58.3. The standard InChI is InChI=1S/C17H15N3O.C17H17N3.C16H13N3O.C16H15N3O.C16H15N3.C15H13N3O/c18-9-12-3-4-15-14(8-12)16(21)5-7-17(15)6-1-2-13-10-19-11-20(13)17;18-10-13-5-6-16-14(9-13)3-1-7-17(16)8-2-4-15-11-19-12-20(15)17;17-8-11-3-4-14-13(6-11)15(20)7-16(14)5-1-2-12-9-18-10-19(12)16;17-9-12-3-4-14-15(8-12)20-7-6-16(14)5-1-2-13-10-18-11-19(13)16;17-9-12-3-4-15-13(8-12)5-7-16(15)6-1-2-14-10-18-11-19(14)16;16-7-11-3-4-13-14(6-11)19-9-15(13)5-1-2-12-8-17-10-18(12)15/h3-4,8,10-11H,1-2,5-7H2;5-6,9,11-12H,1-4,7-8H2;3-4,6,9-10H,1-2,5,7H2;3-4,8,10-11H,1-2,5-7H2;3-4,8,10-11H,1-2,5-7H2;3-4,6,8,10H,1-2,5,9H2. The van der Waals surface area contributed by atoms with Crippen LogP contribution >= 0.6 is 0 Å². The number of imidazole rings is 6. The van der Waals surface area contributed by atoms with E-state index in [4.69, 9.17) is 41.0 Å². The molecule has 6 aromatic heterocycles. The van der Waals surface area contributed by atoms with Crippen molar-refractivity contribution in [2.45, 2.75) is 207 Å². The Bertz CT molecular complexity index is 6070. The molecule has 6 atom stereocenters. The molecule has 0 N–H and O–H groups in total. The Kier molecular flexibility index (Phi) is 19.4. The number of carbonyl (C=O) groups excluding carboxylic acids is 2. The fourth-order valence-corrected chi connectivity index (χ4v) is 22.6. The summed E-state index contributed by atoms with van der Waals surface area (Å²) in [6.07, 6.45) is 51.8. The Hall–Kier alpha value is -13.5. The lowest BCUT2D eigenvalue weighted by atomic mass is 9.71. The predicted molar refractivity (Wildman–Crippen MR) is 440 cm³/mol. The van der Waals surface area contributed by atoms with E-state index in [1.807, 2.05) is 142 Å². The number of fused-ring (bicyclic) bond motifs is 24. The van der Waals surface area contributed by atoms with Crippen molar-refractivity contribution in [3.8, 4) is 47.9 Å². The number of carbonyl (C=O) groups is 2. The van der Waals surface area contributed by atoms with Crippen LogP contribution in [0.25, 0.3) is 0 Å². The van der Waals surface area contributed by atoms with Crippen LogP contribution in [-0.4, -0.2) is 82.1 Å². The largest absolute Gasteiger partial charge is 0.493 e. The lowest BCUT2D eigenvalue weighted by molar-refractivity contribution is 0.0930. The Morgan fingerprint density at radius 1 is 0.286 bits per heavy atom. The Morgan fingerprint density at radius 3 is 1.03 bits per heavy atom. The minimum absolute atomic E-state index is 0.0361. The van der Waals surface area contributed by atoms with Crippen molar-refractivity contribution >= 4 is 11.6 Å². The van der Waals surface area contributed by atoms with E-state index in [1.165, 1.54) is 112 Å². The maximum Gasteiger partial charge on any atom is 0.165 e. The van der Waals surface area contributed by atoms with Gasteiger partial charge < -0.3 is 36.9 Å². The van der Waals surface area contributed by atoms with Gasteiger partial charge >= 0.3 is 0 Å². The Balaban J connectivity index is 0.0000000947. The Labute approximate surface area is 690 Å². The second-order valence-electron chi connectivity index (χ2n) is 34.0. The van der Waals surface area contributed by atoms with Crippen LogP contribution in [0.3, 0.4) is 0 Å². The van der Waals surface area contributed by atoms with Crippen LogP contribution in [0.2, 0.25) is 0 Å². The molecule has 22 heteroatoms. The number of benzene rings is 6. The lowest BCUT2D eigenvalue weighted by Gasteiger charge is -2.44. The zero-order chi connectivity index (χ0) is 81.1. The first-order valence-corrected chi connectivity index (χ1v) is 42.0. The average molecular weight is 1570 g/mol. The zero-order valence-electron chi connectivity index (χ0n) is 66.5. The summed E-state index contributed by atoms with van der Waals surface area (Å²) in [5.41, 5.74) is 22.8. The molecule has 590 valence electrons. The van der Waals surface area contributed by atoms with Crippen LogP contribution in [0.4, 0.5) is 0 Å². The van der Waals surface area contributed by atoms with E-state index >= 15 is 0 Å². The van der Waals surface area contributed by atoms with Gasteiger partial charge in [-0.25, -0.2) is 29.9 Å². The van der Waals surface area contributed by atoms with Gasteiger partial charge in [0.25, 0.3) is 0 Å². The maximum atomic E-state index is 12.4. The molecule has 0 fully saturated rings. The van der Waals surface area contributed by atoms with Gasteiger partial charge in [-0.2, -0.15) is 31.6 Å². The van der Waals surface area contributed by atoms with Crippen molar-refractivity contribution in [3.05, 3.63) is 308 Å². The number of ketones is 2. The van der Waals surface area contributed by atoms with Crippen molar-refractivity contribution < 1.29 is 19.1 Å². The number of rotatable bonds is 0. The molecule has 0 amide bonds. The molecule has 8 aliphatic heterocycles. The monoisotopic (exact) mass is 1570 g/mol. The highest BCUT2D eigenvalue weighted by Gasteiger charge is 2.50. The third kappa shape index (κ3) is 12.6. The van der Waals surface area contributed by atoms with Gasteiger partial charge in [0.2, 0.25) is 0 Å². The van der Waals surface area contributed by atoms with E-state index in [0.29, 0.717) is 53.9 Å². The summed E-state index contributed by atoms with van der Waals surface area (Å²) in [6, 6.07) is 48.1. The van der Waals surface area contributed by atoms with E-state index < -0.39 is 0 Å². The molecule has 22 nitrogen and oxygen atoms in total. The number of Topliss-reactive ketones (excluding diaryl/α,β-unsaturated/α-hetero) is 2. The lowest BCUT2D eigenvalue weighted by Crippen LogP contribution is -2.42. The molecule has 6 aromatic carbocycles. The molecule has 24 rings (SSSR count). The van der Waals surface area contributed by atoms with Crippen molar-refractivity contribution in [1.29, 1.82) is 31.6 Å². The summed E-state index contributed by atoms with van der Waals surface area (Å²) in [7, 11) is 0. The molecule has 0 saturated carbocycles. The summed E-state index contributed by atoms with van der Waals surface area (Å²) < 4.78 is 25.5. The van der Waals surface area contributed by atoms with Crippen LogP contribution in [0.1, 0.15) is 255 Å². The van der Waals surface area contributed by atoms with Crippen molar-refractivity contribution in [1.82, 2.24) is 57.3 Å². The molecule has 12 aromatic rings. The average Bonchev–Trinajstić information content (AvgIpc) is 1.61. The summed E-state index contributed by atoms with van der Waals surface area (Å²) in [5.74, 6) is 2.00. The smallest absolute Gasteiger partial charge is 0.165 e. The fraction of sp³-hybridized carbons (Fsp3) is 0.361. The first-order valence-electron chi connectivity index (χ1n) is 42.0. The van der Waals surface area contributed by atoms with Crippen LogP contribution in [0.15, 0.2) is 184 Å².